The van der Waals surface area contributed by atoms with Gasteiger partial charge in [0.2, 0.25) is 0 Å². The van der Waals surface area contributed by atoms with Crippen LogP contribution < -0.4 is 15.4 Å². The Hall–Kier alpha value is -2.62. The number of halogens is 3. The van der Waals surface area contributed by atoms with Gasteiger partial charge in [0, 0.05) is 30.3 Å². The second-order valence-electron chi connectivity index (χ2n) is 8.06. The molecule has 160 valence electrons. The first-order valence-electron chi connectivity index (χ1n) is 10.1. The third-order valence-corrected chi connectivity index (χ3v) is 6.05. The van der Waals surface area contributed by atoms with Crippen molar-refractivity contribution in [3.05, 3.63) is 24.2 Å². The molecular weight excluding hydrogens is 399 g/mol. The Labute approximate surface area is 171 Å². The molecule has 3 fully saturated rings. The minimum Gasteiger partial charge on any atom is -0.431 e. The molecule has 7 nitrogen and oxygen atoms in total. The quantitative estimate of drug-likeness (QED) is 0.793. The van der Waals surface area contributed by atoms with E-state index in [0.29, 0.717) is 43.0 Å². The summed E-state index contributed by atoms with van der Waals surface area (Å²) in [5.41, 5.74) is 6.67. The second-order valence-corrected chi connectivity index (χ2v) is 8.06. The third-order valence-electron chi connectivity index (χ3n) is 6.05. The molecule has 0 spiro atoms. The van der Waals surface area contributed by atoms with Gasteiger partial charge in [-0.1, -0.05) is 0 Å². The number of hydrogen-bond donors (Lipinski definition) is 1. The summed E-state index contributed by atoms with van der Waals surface area (Å²) in [4.78, 5) is 15.6. The van der Waals surface area contributed by atoms with E-state index in [-0.39, 0.29) is 29.6 Å². The Morgan fingerprint density at radius 2 is 2.07 bits per heavy atom. The Bertz CT molecular complexity index is 947. The van der Waals surface area contributed by atoms with E-state index in [1.807, 2.05) is 6.07 Å². The molecule has 2 aromatic heterocycles. The van der Waals surface area contributed by atoms with E-state index in [4.69, 9.17) is 15.5 Å². The predicted molar refractivity (Wildman–Crippen MR) is 103 cm³/mol. The molecule has 2 saturated heterocycles. The smallest absolute Gasteiger partial charge is 0.387 e. The summed E-state index contributed by atoms with van der Waals surface area (Å²) < 4.78 is 49.4. The highest BCUT2D eigenvalue weighted by Crippen LogP contribution is 2.38. The molecule has 2 bridgehead atoms. The maximum Gasteiger partial charge on any atom is 0.387 e. The number of morpholine rings is 1. The summed E-state index contributed by atoms with van der Waals surface area (Å²) >= 11 is 0. The first-order chi connectivity index (χ1) is 14.5. The second kappa shape index (κ2) is 7.57. The van der Waals surface area contributed by atoms with Crippen molar-refractivity contribution in [1.29, 1.82) is 0 Å². The number of alkyl halides is 3. The number of nitrogens with two attached hydrogens (primary N) is 1. The topological polar surface area (TPSA) is 86.4 Å². The van der Waals surface area contributed by atoms with E-state index in [1.165, 1.54) is 12.3 Å². The van der Waals surface area contributed by atoms with Crippen LogP contribution in [0.2, 0.25) is 0 Å². The van der Waals surface area contributed by atoms with Gasteiger partial charge in [-0.25, -0.2) is 19.3 Å². The average molecular weight is 421 g/mol. The first-order valence-corrected chi connectivity index (χ1v) is 10.1. The van der Waals surface area contributed by atoms with Crippen LogP contribution in [-0.4, -0.2) is 53.0 Å². The van der Waals surface area contributed by atoms with Crippen molar-refractivity contribution in [3.63, 3.8) is 0 Å². The summed E-state index contributed by atoms with van der Waals surface area (Å²) in [6, 6.07) is 3.45. The summed E-state index contributed by atoms with van der Waals surface area (Å²) in [5.74, 6) is 0.898. The van der Waals surface area contributed by atoms with Gasteiger partial charge in [0.1, 0.15) is 17.8 Å². The lowest BCUT2D eigenvalue weighted by Gasteiger charge is -2.28. The van der Waals surface area contributed by atoms with Crippen LogP contribution >= 0.6 is 0 Å². The van der Waals surface area contributed by atoms with Crippen molar-refractivity contribution < 1.29 is 22.6 Å². The van der Waals surface area contributed by atoms with Crippen molar-refractivity contribution in [2.75, 3.05) is 23.8 Å². The zero-order valence-electron chi connectivity index (χ0n) is 16.2. The molecule has 4 atom stereocenters. The fraction of sp³-hybridized carbons (Fsp3) is 0.550. The lowest BCUT2D eigenvalue weighted by atomic mass is 10.1. The summed E-state index contributed by atoms with van der Waals surface area (Å²) in [6.45, 7) is -1.64. The highest BCUT2D eigenvalue weighted by molar-refractivity contribution is 5.67. The molecule has 2 aliphatic heterocycles. The van der Waals surface area contributed by atoms with Crippen LogP contribution in [0.4, 0.5) is 24.8 Å². The van der Waals surface area contributed by atoms with Gasteiger partial charge < -0.3 is 20.1 Å². The van der Waals surface area contributed by atoms with Crippen molar-refractivity contribution in [2.45, 2.75) is 56.5 Å². The minimum absolute atomic E-state index is 0.0757. The van der Waals surface area contributed by atoms with Crippen LogP contribution in [-0.2, 0) is 4.74 Å². The third kappa shape index (κ3) is 3.64. The largest absolute Gasteiger partial charge is 0.431 e. The Morgan fingerprint density at radius 3 is 2.73 bits per heavy atom. The molecule has 3 aliphatic rings. The van der Waals surface area contributed by atoms with E-state index in [0.717, 1.165) is 18.8 Å². The van der Waals surface area contributed by atoms with Gasteiger partial charge >= 0.3 is 6.61 Å². The van der Waals surface area contributed by atoms with E-state index in [2.05, 4.69) is 19.6 Å². The highest BCUT2D eigenvalue weighted by atomic mass is 19.3. The predicted octanol–water partition coefficient (Wildman–Crippen LogP) is 3.31. The molecule has 0 aromatic carbocycles. The number of fused-ring (bicyclic) bond motifs is 2. The fourth-order valence-electron chi connectivity index (χ4n) is 4.56. The Kier molecular flexibility index (Phi) is 4.88. The van der Waals surface area contributed by atoms with E-state index in [9.17, 15) is 13.2 Å². The molecule has 4 heterocycles. The highest BCUT2D eigenvalue weighted by Gasteiger charge is 2.40. The van der Waals surface area contributed by atoms with Gasteiger partial charge in [0.05, 0.1) is 24.4 Å². The molecule has 0 radical (unpaired) electrons. The summed E-state index contributed by atoms with van der Waals surface area (Å²) in [6.07, 6.45) is 3.30. The molecule has 0 amide bonds. The Morgan fingerprint density at radius 1 is 1.20 bits per heavy atom. The van der Waals surface area contributed by atoms with Crippen molar-refractivity contribution in [2.24, 2.45) is 0 Å². The zero-order chi connectivity index (χ0) is 20.8. The number of ether oxygens (including phenoxy) is 2. The minimum atomic E-state index is -3.01. The lowest BCUT2D eigenvalue weighted by molar-refractivity contribution is -0.0494. The number of rotatable bonds is 5. The molecule has 2 N–H and O–H groups in total. The van der Waals surface area contributed by atoms with Crippen LogP contribution in [0.25, 0.3) is 11.3 Å². The maximum absolute atomic E-state index is 13.8. The molecule has 1 aliphatic carbocycles. The number of nitrogens with zero attached hydrogens (tertiary/aromatic N) is 4. The lowest BCUT2D eigenvalue weighted by Crippen LogP contribution is -2.37. The number of anilines is 2. The van der Waals surface area contributed by atoms with Gasteiger partial charge in [-0.15, -0.1) is 0 Å². The first kappa shape index (κ1) is 19.3. The molecule has 2 unspecified atom stereocenters. The number of aromatic nitrogens is 3. The van der Waals surface area contributed by atoms with Gasteiger partial charge in [-0.2, -0.15) is 8.78 Å². The molecular formula is C20H22F3N5O2. The standard InChI is InChI=1S/C20H22F3N5O2/c21-12-2-1-10(3-12)19-26-15(11-4-16(30-20(22)23)18(24)25-7-11)6-17(27-19)28-8-14-5-13(28)9-29-14/h4,6-7,10,12-14,20H,1-3,5,8-9H2,(H2,24,25)/t10?,12?,13-,14-/m0/s1. The van der Waals surface area contributed by atoms with Crippen LogP contribution in [0.1, 0.15) is 37.4 Å². The van der Waals surface area contributed by atoms with Crippen LogP contribution in [0.15, 0.2) is 18.3 Å². The number of nitrogen functional groups attached to an aromatic ring is 1. The van der Waals surface area contributed by atoms with Crippen LogP contribution in [0.5, 0.6) is 5.75 Å². The van der Waals surface area contributed by atoms with Gasteiger partial charge in [-0.3, -0.25) is 0 Å². The average Bonchev–Trinajstić information content (AvgIpc) is 3.46. The van der Waals surface area contributed by atoms with Gasteiger partial charge in [0.15, 0.2) is 11.6 Å². The van der Waals surface area contributed by atoms with Crippen LogP contribution in [0, 0.1) is 0 Å². The normalized spacial score (nSPS) is 27.9. The van der Waals surface area contributed by atoms with Crippen molar-refractivity contribution in [1.82, 2.24) is 15.0 Å². The summed E-state index contributed by atoms with van der Waals surface area (Å²) in [5, 5.41) is 0. The van der Waals surface area contributed by atoms with Crippen molar-refractivity contribution >= 4 is 11.6 Å². The van der Waals surface area contributed by atoms with E-state index in [1.54, 1.807) is 0 Å². The van der Waals surface area contributed by atoms with Crippen LogP contribution in [0.3, 0.4) is 0 Å². The van der Waals surface area contributed by atoms with Crippen molar-refractivity contribution in [3.8, 4) is 17.0 Å². The monoisotopic (exact) mass is 421 g/mol. The van der Waals surface area contributed by atoms with Gasteiger partial charge in [0.25, 0.3) is 0 Å². The van der Waals surface area contributed by atoms with E-state index >= 15 is 0 Å². The maximum atomic E-state index is 13.8. The molecule has 2 aromatic rings. The zero-order valence-corrected chi connectivity index (χ0v) is 16.2. The molecule has 5 rings (SSSR count). The molecule has 10 heteroatoms. The Balaban J connectivity index is 1.55. The SMILES string of the molecule is Nc1ncc(-c2cc(N3C[C@@H]4C[C@H]3CO4)nc(C3CCC(F)C3)n2)cc1OC(F)F. The summed E-state index contributed by atoms with van der Waals surface area (Å²) in [7, 11) is 0. The number of hydrogen-bond acceptors (Lipinski definition) is 7. The fourth-order valence-corrected chi connectivity index (χ4v) is 4.56. The van der Waals surface area contributed by atoms with Gasteiger partial charge in [-0.05, 0) is 31.7 Å². The molecule has 30 heavy (non-hydrogen) atoms. The number of pyridine rings is 1. The van der Waals surface area contributed by atoms with E-state index < -0.39 is 12.8 Å². The molecule has 1 saturated carbocycles.